The van der Waals surface area contributed by atoms with Crippen LogP contribution in [0.4, 0.5) is 24.1 Å². The van der Waals surface area contributed by atoms with Crippen molar-refractivity contribution in [3.05, 3.63) is 89.2 Å². The average Bonchev–Trinajstić information content (AvgIpc) is 3.24. The largest absolute Gasteiger partial charge is 0.465 e. The van der Waals surface area contributed by atoms with Gasteiger partial charge in [0.15, 0.2) is 0 Å². The number of fused-ring (bicyclic) bond motifs is 1. The number of amides is 2. The van der Waals surface area contributed by atoms with Gasteiger partial charge in [-0.2, -0.15) is 0 Å². The van der Waals surface area contributed by atoms with Gasteiger partial charge in [-0.1, -0.05) is 30.3 Å². The van der Waals surface area contributed by atoms with Gasteiger partial charge in [0.2, 0.25) is 0 Å². The predicted octanol–water partition coefficient (Wildman–Crippen LogP) is 5.26. The number of nitrogens with one attached hydrogen (secondary N) is 1. The molecule has 4 aromatic rings. The summed E-state index contributed by atoms with van der Waals surface area (Å²) in [5, 5.41) is 11.7. The van der Waals surface area contributed by atoms with Crippen molar-refractivity contribution in [2.24, 2.45) is 0 Å². The van der Waals surface area contributed by atoms with Gasteiger partial charge in [0, 0.05) is 24.8 Å². The van der Waals surface area contributed by atoms with Crippen LogP contribution in [0.2, 0.25) is 0 Å². The quantitative estimate of drug-likeness (QED) is 0.348. The summed E-state index contributed by atoms with van der Waals surface area (Å²) in [6.07, 6.45) is -0.510. The van der Waals surface area contributed by atoms with E-state index in [0.717, 1.165) is 23.3 Å². The molecule has 2 N–H and O–H groups in total. The van der Waals surface area contributed by atoms with E-state index in [0.29, 0.717) is 11.3 Å². The molecule has 0 saturated carbocycles. The summed E-state index contributed by atoms with van der Waals surface area (Å²) in [4.78, 5) is 29.4. The molecule has 1 aliphatic heterocycles. The van der Waals surface area contributed by atoms with Gasteiger partial charge >= 0.3 is 12.2 Å². The molecule has 1 fully saturated rings. The lowest BCUT2D eigenvalue weighted by atomic mass is 10.0. The Kier molecular flexibility index (Phi) is 7.42. The van der Waals surface area contributed by atoms with Crippen LogP contribution in [0.15, 0.2) is 60.8 Å². The molecule has 0 bridgehead atoms. The number of halogens is 2. The monoisotopic (exact) mass is 536 g/mol. The van der Waals surface area contributed by atoms with E-state index < -0.39 is 29.9 Å². The van der Waals surface area contributed by atoms with Crippen LogP contribution in [-0.2, 0) is 22.5 Å². The predicted molar refractivity (Wildman–Crippen MR) is 139 cm³/mol. The van der Waals surface area contributed by atoms with E-state index in [9.17, 15) is 14.7 Å². The first-order valence-electron chi connectivity index (χ1n) is 12.3. The number of carboxylic acid groups (broad SMARTS) is 1. The van der Waals surface area contributed by atoms with E-state index in [1.165, 1.54) is 4.90 Å². The highest BCUT2D eigenvalue weighted by Crippen LogP contribution is 2.33. The molecule has 202 valence electrons. The Morgan fingerprint density at radius 2 is 1.90 bits per heavy atom. The first-order chi connectivity index (χ1) is 18.8. The molecule has 2 amide bonds. The molecule has 2 aromatic carbocycles. The number of hydrogen-bond donors (Lipinski definition) is 2. The normalized spacial score (nSPS) is 15.4. The molecule has 0 aliphatic carbocycles. The number of morpholine rings is 1. The van der Waals surface area contributed by atoms with Crippen molar-refractivity contribution in [1.82, 2.24) is 14.3 Å². The van der Waals surface area contributed by atoms with Gasteiger partial charge in [-0.25, -0.2) is 23.4 Å². The number of hydrogen-bond acceptors (Lipinski definition) is 5. The number of aryl methyl sites for hydroxylation is 1. The maximum Gasteiger partial charge on any atom is 0.411 e. The summed E-state index contributed by atoms with van der Waals surface area (Å²) in [5.41, 5.74) is 2.24. The van der Waals surface area contributed by atoms with Gasteiger partial charge in [-0.3, -0.25) is 5.32 Å². The number of aromatic nitrogens is 2. The highest BCUT2D eigenvalue weighted by molar-refractivity contribution is 5.85. The summed E-state index contributed by atoms with van der Waals surface area (Å²) in [6.45, 7) is 2.46. The molecule has 9 nitrogen and oxygen atoms in total. The molecule has 0 spiro atoms. The molecule has 11 heteroatoms. The molecular formula is C28H26F2N4O5. The van der Waals surface area contributed by atoms with Crippen LogP contribution in [0.25, 0.3) is 16.9 Å². The number of nitrogens with zero attached hydrogens (tertiary/aromatic N) is 3. The van der Waals surface area contributed by atoms with E-state index in [-0.39, 0.29) is 49.7 Å². The first-order valence-corrected chi connectivity index (χ1v) is 12.3. The minimum absolute atomic E-state index is 0.00227. The lowest BCUT2D eigenvalue weighted by Crippen LogP contribution is -2.45. The topological polar surface area (TPSA) is 105 Å². The SMILES string of the molecule is Cc1ccn2c(C[C@H]3CN(C(=O)O)CCO3)c(-c3c(F)cc(NC(=O)OCc4ccccc4)cc3F)nc2c1. The summed E-state index contributed by atoms with van der Waals surface area (Å²) >= 11 is 0. The Hall–Kier alpha value is -4.51. The Labute approximate surface area is 222 Å². The number of benzene rings is 2. The number of rotatable bonds is 6. The van der Waals surface area contributed by atoms with Gasteiger partial charge in [-0.15, -0.1) is 0 Å². The van der Waals surface area contributed by atoms with E-state index in [1.807, 2.05) is 19.1 Å². The molecule has 1 saturated heterocycles. The summed E-state index contributed by atoms with van der Waals surface area (Å²) in [6, 6.07) is 14.6. The molecule has 1 atom stereocenters. The zero-order valence-corrected chi connectivity index (χ0v) is 21.1. The number of pyridine rings is 1. The Morgan fingerprint density at radius 1 is 1.15 bits per heavy atom. The van der Waals surface area contributed by atoms with Crippen molar-refractivity contribution in [3.8, 4) is 11.3 Å². The highest BCUT2D eigenvalue weighted by atomic mass is 19.1. The van der Waals surface area contributed by atoms with Gasteiger partial charge in [0.05, 0.1) is 36.2 Å². The van der Waals surface area contributed by atoms with E-state index in [2.05, 4.69) is 10.3 Å². The molecular weight excluding hydrogens is 510 g/mol. The van der Waals surface area contributed by atoms with Crippen LogP contribution in [-0.4, -0.2) is 57.4 Å². The minimum atomic E-state index is -1.06. The molecule has 0 radical (unpaired) electrons. The van der Waals surface area contributed by atoms with Crippen molar-refractivity contribution in [3.63, 3.8) is 0 Å². The van der Waals surface area contributed by atoms with E-state index >= 15 is 8.78 Å². The van der Waals surface area contributed by atoms with Crippen molar-refractivity contribution in [2.45, 2.75) is 26.1 Å². The standard InChI is InChI=1S/C28H26F2N4O5/c1-17-7-8-34-23(14-20-15-33(28(36)37)9-10-38-20)26(32-24(34)11-17)25-21(29)12-19(13-22(25)30)31-27(35)39-16-18-5-3-2-4-6-18/h2-8,11-13,20H,9-10,14-16H2,1H3,(H,31,35)(H,36,37)/t20-/m0/s1. The highest BCUT2D eigenvalue weighted by Gasteiger charge is 2.28. The molecule has 3 heterocycles. The molecule has 1 aliphatic rings. The lowest BCUT2D eigenvalue weighted by molar-refractivity contribution is -0.0214. The zero-order chi connectivity index (χ0) is 27.5. The van der Waals surface area contributed by atoms with Gasteiger partial charge in [0.25, 0.3) is 0 Å². The summed E-state index contributed by atoms with van der Waals surface area (Å²) < 4.78 is 43.5. The average molecular weight is 537 g/mol. The fraction of sp³-hybridized carbons (Fsp3) is 0.250. The molecule has 2 aromatic heterocycles. The van der Waals surface area contributed by atoms with Crippen LogP contribution < -0.4 is 5.32 Å². The van der Waals surface area contributed by atoms with Gasteiger partial charge in [-0.05, 0) is 42.3 Å². The smallest absolute Gasteiger partial charge is 0.411 e. The molecule has 0 unspecified atom stereocenters. The van der Waals surface area contributed by atoms with Crippen molar-refractivity contribution >= 4 is 23.5 Å². The lowest BCUT2D eigenvalue weighted by Gasteiger charge is -2.31. The number of carbonyl (C=O) groups excluding carboxylic acids is 1. The Bertz CT molecular complexity index is 1500. The second-order valence-electron chi connectivity index (χ2n) is 9.27. The van der Waals surface area contributed by atoms with E-state index in [4.69, 9.17) is 9.47 Å². The first kappa shape index (κ1) is 26.1. The second kappa shape index (κ2) is 11.1. The van der Waals surface area contributed by atoms with Gasteiger partial charge < -0.3 is 23.9 Å². The zero-order valence-electron chi connectivity index (χ0n) is 21.1. The summed E-state index contributed by atoms with van der Waals surface area (Å²) in [7, 11) is 0. The third-order valence-corrected chi connectivity index (χ3v) is 6.45. The number of ether oxygens (including phenoxy) is 2. The fourth-order valence-corrected chi connectivity index (χ4v) is 4.57. The Morgan fingerprint density at radius 3 is 2.62 bits per heavy atom. The molecule has 5 rings (SSSR count). The van der Waals surface area contributed by atoms with Crippen LogP contribution in [0.1, 0.15) is 16.8 Å². The third-order valence-electron chi connectivity index (χ3n) is 6.45. The van der Waals surface area contributed by atoms with Crippen LogP contribution in [0.5, 0.6) is 0 Å². The summed E-state index contributed by atoms with van der Waals surface area (Å²) in [5.74, 6) is -1.85. The molecule has 39 heavy (non-hydrogen) atoms. The van der Waals surface area contributed by atoms with Crippen LogP contribution >= 0.6 is 0 Å². The van der Waals surface area contributed by atoms with E-state index in [1.54, 1.807) is 40.9 Å². The second-order valence-corrected chi connectivity index (χ2v) is 9.27. The number of carbonyl (C=O) groups is 2. The Balaban J connectivity index is 1.43. The van der Waals surface area contributed by atoms with Gasteiger partial charge in [0.1, 0.15) is 23.9 Å². The number of anilines is 1. The minimum Gasteiger partial charge on any atom is -0.465 e. The maximum atomic E-state index is 15.4. The fourth-order valence-electron chi connectivity index (χ4n) is 4.57. The third kappa shape index (κ3) is 5.83. The van der Waals surface area contributed by atoms with Crippen molar-refractivity contribution in [2.75, 3.05) is 25.0 Å². The number of imidazole rings is 1. The van der Waals surface area contributed by atoms with Crippen molar-refractivity contribution in [1.29, 1.82) is 0 Å². The van der Waals surface area contributed by atoms with Crippen LogP contribution in [0, 0.1) is 18.6 Å². The van der Waals surface area contributed by atoms with Crippen LogP contribution in [0.3, 0.4) is 0 Å². The van der Waals surface area contributed by atoms with Crippen molar-refractivity contribution < 1.29 is 33.0 Å². The maximum absolute atomic E-state index is 15.4.